The van der Waals surface area contributed by atoms with E-state index in [2.05, 4.69) is 0 Å². The van der Waals surface area contributed by atoms with E-state index in [1.807, 2.05) is 37.3 Å². The maximum absolute atomic E-state index is 12.2. The van der Waals surface area contributed by atoms with Crippen molar-refractivity contribution in [2.45, 2.75) is 30.7 Å². The van der Waals surface area contributed by atoms with Gasteiger partial charge in [0.05, 0.1) is 0 Å². The molecule has 0 saturated heterocycles. The maximum atomic E-state index is 12.2. The third-order valence-corrected chi connectivity index (χ3v) is 4.04. The Labute approximate surface area is 110 Å². The van der Waals surface area contributed by atoms with Crippen molar-refractivity contribution in [1.82, 2.24) is 0 Å². The predicted octanol–water partition coefficient (Wildman–Crippen LogP) is 3.94. The Kier molecular flexibility index (Phi) is 5.53. The third-order valence-electron chi connectivity index (χ3n) is 3.30. The molecule has 0 aromatic heterocycles. The zero-order valence-corrected chi connectivity index (χ0v) is 11.2. The molecule has 0 saturated carbocycles. The molecule has 1 nitrogen and oxygen atoms in total. The molecule has 1 unspecified atom stereocenters. The Hall–Kier alpha value is -0.680. The summed E-state index contributed by atoms with van der Waals surface area (Å²) in [7, 11) is 0. The van der Waals surface area contributed by atoms with Crippen LogP contribution >= 0.6 is 11.8 Å². The van der Waals surface area contributed by atoms with Crippen LogP contribution in [0.2, 0.25) is 0 Å². The van der Waals surface area contributed by atoms with Crippen molar-refractivity contribution in [3.8, 4) is 0 Å². The van der Waals surface area contributed by atoms with E-state index >= 15 is 0 Å². The normalized spacial score (nSPS) is 15.4. The zero-order valence-electron chi connectivity index (χ0n) is 10.3. The molecule has 0 fully saturated rings. The van der Waals surface area contributed by atoms with Gasteiger partial charge in [0.2, 0.25) is 0 Å². The molecule has 0 radical (unpaired) electrons. The molecule has 1 rings (SSSR count). The van der Waals surface area contributed by atoms with Crippen LogP contribution in [0.25, 0.3) is 0 Å². The van der Waals surface area contributed by atoms with E-state index in [0.717, 1.165) is 12.0 Å². The summed E-state index contributed by atoms with van der Waals surface area (Å²) >= 11 is 0.0303. The van der Waals surface area contributed by atoms with Crippen molar-refractivity contribution in [2.75, 3.05) is 12.3 Å². The van der Waals surface area contributed by atoms with Crippen LogP contribution in [-0.2, 0) is 5.41 Å². The second-order valence-electron chi connectivity index (χ2n) is 4.25. The lowest BCUT2D eigenvalue weighted by molar-refractivity contribution is -0.0328. The Morgan fingerprint density at radius 2 is 1.78 bits per heavy atom. The van der Waals surface area contributed by atoms with Gasteiger partial charge in [-0.3, -0.25) is 0 Å². The van der Waals surface area contributed by atoms with Gasteiger partial charge in [-0.25, -0.2) is 0 Å². The minimum Gasteiger partial charge on any atom is -0.330 e. The molecule has 0 spiro atoms. The van der Waals surface area contributed by atoms with Gasteiger partial charge in [-0.2, -0.15) is 13.2 Å². The van der Waals surface area contributed by atoms with Gasteiger partial charge >= 0.3 is 5.51 Å². The molecule has 0 aliphatic heterocycles. The SMILES string of the molecule is CCC(CN)(CCSC(F)(F)F)c1ccccc1. The fourth-order valence-corrected chi connectivity index (χ4v) is 2.77. The molecule has 0 heterocycles. The quantitative estimate of drug-likeness (QED) is 0.852. The van der Waals surface area contributed by atoms with Crippen molar-refractivity contribution in [2.24, 2.45) is 5.73 Å². The van der Waals surface area contributed by atoms with Gasteiger partial charge in [0.1, 0.15) is 0 Å². The van der Waals surface area contributed by atoms with Gasteiger partial charge < -0.3 is 5.73 Å². The average molecular weight is 277 g/mol. The highest BCUT2D eigenvalue weighted by molar-refractivity contribution is 8.00. The van der Waals surface area contributed by atoms with E-state index < -0.39 is 5.51 Å². The summed E-state index contributed by atoms with van der Waals surface area (Å²) in [4.78, 5) is 0. The van der Waals surface area contributed by atoms with E-state index in [-0.39, 0.29) is 22.9 Å². The van der Waals surface area contributed by atoms with E-state index in [9.17, 15) is 13.2 Å². The van der Waals surface area contributed by atoms with Gasteiger partial charge in [-0.15, -0.1) is 0 Å². The van der Waals surface area contributed by atoms with Crippen molar-refractivity contribution in [1.29, 1.82) is 0 Å². The highest BCUT2D eigenvalue weighted by Gasteiger charge is 2.32. The van der Waals surface area contributed by atoms with Crippen molar-refractivity contribution >= 4 is 11.8 Å². The number of nitrogens with two attached hydrogens (primary N) is 1. The first-order valence-corrected chi connectivity index (χ1v) is 6.88. The number of rotatable bonds is 6. The van der Waals surface area contributed by atoms with Gasteiger partial charge in [0.25, 0.3) is 0 Å². The lowest BCUT2D eigenvalue weighted by Crippen LogP contribution is -2.35. The molecule has 0 amide bonds. The second kappa shape index (κ2) is 6.48. The number of thioether (sulfide) groups is 1. The molecule has 0 aliphatic carbocycles. The first-order valence-electron chi connectivity index (χ1n) is 5.90. The van der Waals surface area contributed by atoms with Gasteiger partial charge in [0, 0.05) is 17.7 Å². The third kappa shape index (κ3) is 4.21. The van der Waals surface area contributed by atoms with Crippen LogP contribution in [0.4, 0.5) is 13.2 Å². The Bertz CT molecular complexity index is 347. The minimum absolute atomic E-state index is 0.0303. The summed E-state index contributed by atoms with van der Waals surface area (Å²) in [6.45, 7) is 2.34. The van der Waals surface area contributed by atoms with Crippen LogP contribution in [0.15, 0.2) is 30.3 Å². The summed E-state index contributed by atoms with van der Waals surface area (Å²) in [6.07, 6.45) is 1.18. The first kappa shape index (κ1) is 15.4. The second-order valence-corrected chi connectivity index (χ2v) is 5.41. The fraction of sp³-hybridized carbons (Fsp3) is 0.538. The minimum atomic E-state index is -4.16. The first-order chi connectivity index (χ1) is 8.43. The molecule has 1 atom stereocenters. The topological polar surface area (TPSA) is 26.0 Å². The highest BCUT2D eigenvalue weighted by Crippen LogP contribution is 2.36. The van der Waals surface area contributed by atoms with E-state index in [1.165, 1.54) is 0 Å². The van der Waals surface area contributed by atoms with Crippen molar-refractivity contribution < 1.29 is 13.2 Å². The number of alkyl halides is 3. The van der Waals surface area contributed by atoms with Gasteiger partial charge in [-0.1, -0.05) is 49.0 Å². The molecule has 1 aromatic rings. The lowest BCUT2D eigenvalue weighted by Gasteiger charge is -2.32. The molecular formula is C13H18F3NS. The smallest absolute Gasteiger partial charge is 0.330 e. The molecule has 18 heavy (non-hydrogen) atoms. The maximum Gasteiger partial charge on any atom is 0.441 e. The summed E-state index contributed by atoms with van der Waals surface area (Å²) in [6, 6.07) is 9.56. The molecule has 102 valence electrons. The standard InChI is InChI=1S/C13H18F3NS/c1-2-12(10-17,8-9-18-13(14,15)16)11-6-4-3-5-7-11/h3-7H,2,8-10,17H2,1H3. The van der Waals surface area contributed by atoms with Gasteiger partial charge in [0.15, 0.2) is 0 Å². The van der Waals surface area contributed by atoms with Crippen LogP contribution < -0.4 is 5.73 Å². The van der Waals surface area contributed by atoms with Crippen LogP contribution in [0.5, 0.6) is 0 Å². The number of hydrogen-bond donors (Lipinski definition) is 1. The summed E-state index contributed by atoms with van der Waals surface area (Å²) < 4.78 is 36.5. The monoisotopic (exact) mass is 277 g/mol. The number of benzene rings is 1. The van der Waals surface area contributed by atoms with Crippen LogP contribution in [0.3, 0.4) is 0 Å². The fourth-order valence-electron chi connectivity index (χ4n) is 2.04. The number of halogens is 3. The summed E-state index contributed by atoms with van der Waals surface area (Å²) in [5, 5.41) is 0. The molecule has 2 N–H and O–H groups in total. The van der Waals surface area contributed by atoms with Crippen LogP contribution in [-0.4, -0.2) is 17.8 Å². The van der Waals surface area contributed by atoms with E-state index in [4.69, 9.17) is 5.73 Å². The van der Waals surface area contributed by atoms with E-state index in [1.54, 1.807) is 0 Å². The average Bonchev–Trinajstić information content (AvgIpc) is 2.35. The molecule has 1 aromatic carbocycles. The van der Waals surface area contributed by atoms with Crippen LogP contribution in [0.1, 0.15) is 25.3 Å². The van der Waals surface area contributed by atoms with Crippen molar-refractivity contribution in [3.05, 3.63) is 35.9 Å². The summed E-state index contributed by atoms with van der Waals surface area (Å²) in [5.41, 5.74) is 2.33. The van der Waals surface area contributed by atoms with E-state index in [0.29, 0.717) is 13.0 Å². The highest BCUT2D eigenvalue weighted by atomic mass is 32.2. The molecule has 5 heteroatoms. The summed E-state index contributed by atoms with van der Waals surface area (Å²) in [5.74, 6) is 0.0451. The van der Waals surface area contributed by atoms with Crippen molar-refractivity contribution in [3.63, 3.8) is 0 Å². The lowest BCUT2D eigenvalue weighted by atomic mass is 9.76. The molecular weight excluding hydrogens is 259 g/mol. The number of hydrogen-bond acceptors (Lipinski definition) is 2. The molecule has 0 aliphatic rings. The molecule has 0 bridgehead atoms. The van der Waals surface area contributed by atoms with Crippen LogP contribution in [0, 0.1) is 0 Å². The predicted molar refractivity (Wildman–Crippen MR) is 70.6 cm³/mol. The zero-order chi connectivity index (χ0) is 13.6. The Morgan fingerprint density at radius 1 is 1.17 bits per heavy atom. The Balaban J connectivity index is 2.76. The van der Waals surface area contributed by atoms with Gasteiger partial charge in [-0.05, 0) is 18.4 Å². The Morgan fingerprint density at radius 3 is 2.22 bits per heavy atom. The largest absolute Gasteiger partial charge is 0.441 e.